The van der Waals surface area contributed by atoms with Gasteiger partial charge in [-0.1, -0.05) is 0 Å². The van der Waals surface area contributed by atoms with Gasteiger partial charge in [0.05, 0.1) is 0 Å². The summed E-state index contributed by atoms with van der Waals surface area (Å²) < 4.78 is 0. The van der Waals surface area contributed by atoms with Crippen LogP contribution in [0.15, 0.2) is 0 Å². The molecule has 2 aliphatic rings. The van der Waals surface area contributed by atoms with Crippen molar-refractivity contribution in [2.45, 2.75) is 12.8 Å². The third-order valence-electron chi connectivity index (χ3n) is 2.76. The number of fused-ring (bicyclic) bond motifs is 1. The maximum Gasteiger partial charge on any atom is 0.226 e. The Labute approximate surface area is 65.4 Å². The summed E-state index contributed by atoms with van der Waals surface area (Å²) in [5.41, 5.74) is 0. The molecule has 1 aliphatic carbocycles. The molecule has 0 spiro atoms. The van der Waals surface area contributed by atoms with Crippen LogP contribution >= 0.6 is 0 Å². The lowest BCUT2D eigenvalue weighted by atomic mass is 10.00. The lowest BCUT2D eigenvalue weighted by molar-refractivity contribution is -0.130. The molecule has 1 saturated carbocycles. The number of ketones is 1. The second-order valence-electron chi connectivity index (χ2n) is 3.44. The van der Waals surface area contributed by atoms with Gasteiger partial charge in [-0.15, -0.1) is 0 Å². The molecule has 0 N–H and O–H groups in total. The predicted molar refractivity (Wildman–Crippen MR) is 38.9 cm³/mol. The molecule has 2 atom stereocenters. The SMILES string of the molecule is CN1C[C@H]2C(=O)CC[C@@H]2C1=O. The first-order chi connectivity index (χ1) is 5.20. The second-order valence-corrected chi connectivity index (χ2v) is 3.44. The van der Waals surface area contributed by atoms with E-state index in [0.29, 0.717) is 13.0 Å². The maximum atomic E-state index is 11.3. The van der Waals surface area contributed by atoms with Gasteiger partial charge in [-0.3, -0.25) is 9.59 Å². The topological polar surface area (TPSA) is 37.4 Å². The Kier molecular flexibility index (Phi) is 1.28. The van der Waals surface area contributed by atoms with Gasteiger partial charge in [0.2, 0.25) is 5.91 Å². The summed E-state index contributed by atoms with van der Waals surface area (Å²) in [4.78, 5) is 24.1. The van der Waals surface area contributed by atoms with Crippen molar-refractivity contribution in [1.82, 2.24) is 4.90 Å². The van der Waals surface area contributed by atoms with Gasteiger partial charge < -0.3 is 4.90 Å². The molecule has 0 unspecified atom stereocenters. The van der Waals surface area contributed by atoms with Crippen molar-refractivity contribution in [2.24, 2.45) is 11.8 Å². The minimum Gasteiger partial charge on any atom is -0.345 e. The number of carbonyl (C=O) groups is 2. The number of hydrogen-bond acceptors (Lipinski definition) is 2. The Bertz CT molecular complexity index is 224. The van der Waals surface area contributed by atoms with Crippen molar-refractivity contribution < 1.29 is 9.59 Å². The van der Waals surface area contributed by atoms with Crippen LogP contribution in [0.3, 0.4) is 0 Å². The minimum atomic E-state index is 0.0347. The van der Waals surface area contributed by atoms with Crippen molar-refractivity contribution >= 4 is 11.7 Å². The number of rotatable bonds is 0. The molecule has 0 radical (unpaired) electrons. The smallest absolute Gasteiger partial charge is 0.226 e. The van der Waals surface area contributed by atoms with Crippen molar-refractivity contribution in [3.05, 3.63) is 0 Å². The molecule has 1 aliphatic heterocycles. The summed E-state index contributed by atoms with van der Waals surface area (Å²) in [6.07, 6.45) is 1.40. The third kappa shape index (κ3) is 0.800. The molecule has 1 heterocycles. The Hall–Kier alpha value is -0.860. The Morgan fingerprint density at radius 1 is 1.36 bits per heavy atom. The van der Waals surface area contributed by atoms with Crippen molar-refractivity contribution in [3.63, 3.8) is 0 Å². The van der Waals surface area contributed by atoms with E-state index < -0.39 is 0 Å². The van der Waals surface area contributed by atoms with Crippen molar-refractivity contribution in [2.75, 3.05) is 13.6 Å². The normalized spacial score (nSPS) is 36.6. The van der Waals surface area contributed by atoms with E-state index in [1.54, 1.807) is 11.9 Å². The fraction of sp³-hybridized carbons (Fsp3) is 0.750. The van der Waals surface area contributed by atoms with Crippen LogP contribution in [-0.4, -0.2) is 30.2 Å². The molecule has 3 heteroatoms. The average Bonchev–Trinajstić information content (AvgIpc) is 2.43. The van der Waals surface area contributed by atoms with Crippen LogP contribution in [0.25, 0.3) is 0 Å². The van der Waals surface area contributed by atoms with Crippen molar-refractivity contribution in [1.29, 1.82) is 0 Å². The van der Waals surface area contributed by atoms with E-state index >= 15 is 0 Å². The molecule has 0 bridgehead atoms. The zero-order valence-electron chi connectivity index (χ0n) is 6.54. The van der Waals surface area contributed by atoms with Gasteiger partial charge in [0.1, 0.15) is 5.78 Å². The van der Waals surface area contributed by atoms with Gasteiger partial charge in [-0.05, 0) is 6.42 Å². The molecule has 1 amide bonds. The number of nitrogens with zero attached hydrogens (tertiary/aromatic N) is 1. The Morgan fingerprint density at radius 2 is 2.09 bits per heavy atom. The largest absolute Gasteiger partial charge is 0.345 e. The van der Waals surface area contributed by atoms with Gasteiger partial charge >= 0.3 is 0 Å². The number of likely N-dealkylation sites (tertiary alicyclic amines) is 1. The Balaban J connectivity index is 2.24. The van der Waals surface area contributed by atoms with Crippen LogP contribution in [0.2, 0.25) is 0 Å². The van der Waals surface area contributed by atoms with E-state index in [0.717, 1.165) is 6.42 Å². The van der Waals surface area contributed by atoms with E-state index in [4.69, 9.17) is 0 Å². The number of hydrogen-bond donors (Lipinski definition) is 0. The first-order valence-electron chi connectivity index (χ1n) is 3.98. The highest BCUT2D eigenvalue weighted by atomic mass is 16.2. The first kappa shape index (κ1) is 6.83. The molecule has 11 heavy (non-hydrogen) atoms. The van der Waals surface area contributed by atoms with Crippen LogP contribution in [0.4, 0.5) is 0 Å². The van der Waals surface area contributed by atoms with Crippen LogP contribution in [0.5, 0.6) is 0 Å². The van der Waals surface area contributed by atoms with E-state index in [2.05, 4.69) is 0 Å². The fourth-order valence-corrected chi connectivity index (χ4v) is 2.10. The molecule has 2 fully saturated rings. The average molecular weight is 153 g/mol. The molecule has 3 nitrogen and oxygen atoms in total. The highest BCUT2D eigenvalue weighted by Crippen LogP contribution is 2.35. The predicted octanol–water partition coefficient (Wildman–Crippen LogP) is 0.0537. The Morgan fingerprint density at radius 3 is 2.73 bits per heavy atom. The highest BCUT2D eigenvalue weighted by molar-refractivity contribution is 5.95. The summed E-state index contributed by atoms with van der Waals surface area (Å²) in [6, 6.07) is 0. The first-order valence-corrected chi connectivity index (χ1v) is 3.98. The lowest BCUT2D eigenvalue weighted by Gasteiger charge is -2.07. The number of Topliss-reactive ketones (excluding diaryl/α,β-unsaturated/α-hetero) is 1. The van der Waals surface area contributed by atoms with Crippen LogP contribution < -0.4 is 0 Å². The molecular weight excluding hydrogens is 142 g/mol. The van der Waals surface area contributed by atoms with E-state index in [9.17, 15) is 9.59 Å². The van der Waals surface area contributed by atoms with Gasteiger partial charge in [0, 0.05) is 31.8 Å². The minimum absolute atomic E-state index is 0.0347. The van der Waals surface area contributed by atoms with E-state index in [1.165, 1.54) is 0 Å². The van der Waals surface area contributed by atoms with Crippen LogP contribution in [0.1, 0.15) is 12.8 Å². The lowest BCUT2D eigenvalue weighted by Crippen LogP contribution is -2.22. The summed E-state index contributed by atoms with van der Waals surface area (Å²) in [7, 11) is 1.77. The summed E-state index contributed by atoms with van der Waals surface area (Å²) in [6.45, 7) is 0.655. The standard InChI is InChI=1S/C8H11NO2/c1-9-4-6-5(8(9)11)2-3-7(6)10/h5-6H,2-4H2,1H3/t5-,6+/m0/s1. The molecule has 0 aromatic heterocycles. The summed E-state index contributed by atoms with van der Waals surface area (Å²) in [5, 5.41) is 0. The summed E-state index contributed by atoms with van der Waals surface area (Å²) >= 11 is 0. The summed E-state index contributed by atoms with van der Waals surface area (Å²) in [5.74, 6) is 0.522. The molecule has 0 aromatic rings. The molecule has 60 valence electrons. The quantitative estimate of drug-likeness (QED) is 0.493. The van der Waals surface area contributed by atoms with Gasteiger partial charge in [-0.25, -0.2) is 0 Å². The van der Waals surface area contributed by atoms with Gasteiger partial charge in [-0.2, -0.15) is 0 Å². The molecule has 2 rings (SSSR count). The van der Waals surface area contributed by atoms with E-state index in [-0.39, 0.29) is 23.5 Å². The maximum absolute atomic E-state index is 11.3. The third-order valence-corrected chi connectivity index (χ3v) is 2.76. The van der Waals surface area contributed by atoms with Crippen LogP contribution in [-0.2, 0) is 9.59 Å². The zero-order valence-corrected chi connectivity index (χ0v) is 6.54. The molecule has 0 aromatic carbocycles. The molecule has 1 saturated heterocycles. The number of carbonyl (C=O) groups excluding carboxylic acids is 2. The monoisotopic (exact) mass is 153 g/mol. The highest BCUT2D eigenvalue weighted by Gasteiger charge is 2.46. The van der Waals surface area contributed by atoms with E-state index in [1.807, 2.05) is 0 Å². The zero-order chi connectivity index (χ0) is 8.01. The molecular formula is C8H11NO2. The van der Waals surface area contributed by atoms with Crippen molar-refractivity contribution in [3.8, 4) is 0 Å². The van der Waals surface area contributed by atoms with Gasteiger partial charge in [0.15, 0.2) is 0 Å². The van der Waals surface area contributed by atoms with Crippen LogP contribution in [0, 0.1) is 11.8 Å². The fourth-order valence-electron chi connectivity index (χ4n) is 2.10. The second kappa shape index (κ2) is 2.06. The number of amides is 1. The van der Waals surface area contributed by atoms with Gasteiger partial charge in [0.25, 0.3) is 0 Å².